The van der Waals surface area contributed by atoms with Gasteiger partial charge in [0.15, 0.2) is 12.4 Å². The Morgan fingerprint density at radius 3 is 2.69 bits per heavy atom. The number of ketones is 1. The summed E-state index contributed by atoms with van der Waals surface area (Å²) >= 11 is 4.57. The van der Waals surface area contributed by atoms with Crippen molar-refractivity contribution in [2.24, 2.45) is 0 Å². The number of ether oxygens (including phenoxy) is 1. The standard InChI is InChI=1S/C19H17BrN2O3S/c1-12-3-4-13(2)17(9-12)24-10-18-21-22-19(25-18)26-11-16(23)14-5-7-15(20)8-6-14/h3-9H,10-11H2,1-2H3. The van der Waals surface area contributed by atoms with E-state index in [4.69, 9.17) is 9.15 Å². The molecular formula is C19H17BrN2O3S. The summed E-state index contributed by atoms with van der Waals surface area (Å²) in [6, 6.07) is 13.3. The zero-order valence-corrected chi connectivity index (χ0v) is 16.8. The average molecular weight is 433 g/mol. The highest BCUT2D eigenvalue weighted by molar-refractivity contribution is 9.10. The molecule has 0 saturated heterocycles. The highest BCUT2D eigenvalue weighted by Crippen LogP contribution is 2.22. The average Bonchev–Trinajstić information content (AvgIpc) is 3.09. The molecular weight excluding hydrogens is 416 g/mol. The van der Waals surface area contributed by atoms with Gasteiger partial charge in [0.05, 0.1) is 5.75 Å². The normalized spacial score (nSPS) is 10.7. The van der Waals surface area contributed by atoms with Gasteiger partial charge in [0.25, 0.3) is 11.1 Å². The van der Waals surface area contributed by atoms with Crippen LogP contribution >= 0.6 is 27.7 Å². The van der Waals surface area contributed by atoms with Crippen LogP contribution in [0, 0.1) is 13.8 Å². The molecule has 26 heavy (non-hydrogen) atoms. The van der Waals surface area contributed by atoms with Crippen molar-refractivity contribution in [1.82, 2.24) is 10.2 Å². The van der Waals surface area contributed by atoms with Gasteiger partial charge < -0.3 is 9.15 Å². The van der Waals surface area contributed by atoms with E-state index in [1.54, 1.807) is 12.1 Å². The lowest BCUT2D eigenvalue weighted by Gasteiger charge is -2.07. The Hall–Kier alpha value is -2.12. The number of thioether (sulfide) groups is 1. The summed E-state index contributed by atoms with van der Waals surface area (Å²) in [7, 11) is 0. The fraction of sp³-hybridized carbons (Fsp3) is 0.211. The van der Waals surface area contributed by atoms with Crippen molar-refractivity contribution in [3.63, 3.8) is 0 Å². The second kappa shape index (κ2) is 8.51. The lowest BCUT2D eigenvalue weighted by Crippen LogP contribution is -2.01. The van der Waals surface area contributed by atoms with Crippen LogP contribution in [0.2, 0.25) is 0 Å². The van der Waals surface area contributed by atoms with Gasteiger partial charge in [0, 0.05) is 10.0 Å². The number of hydrogen-bond acceptors (Lipinski definition) is 6. The third kappa shape index (κ3) is 4.95. The highest BCUT2D eigenvalue weighted by Gasteiger charge is 2.12. The first-order valence-corrected chi connectivity index (χ1v) is 9.73. The molecule has 0 bridgehead atoms. The van der Waals surface area contributed by atoms with E-state index in [0.717, 1.165) is 21.3 Å². The van der Waals surface area contributed by atoms with Crippen molar-refractivity contribution >= 4 is 33.5 Å². The molecule has 3 aromatic rings. The number of Topliss-reactive ketones (excluding diaryl/α,β-unsaturated/α-hetero) is 1. The zero-order valence-electron chi connectivity index (χ0n) is 14.4. The number of aromatic nitrogens is 2. The summed E-state index contributed by atoms with van der Waals surface area (Å²) in [5, 5.41) is 8.28. The first-order valence-electron chi connectivity index (χ1n) is 7.95. The molecule has 1 aromatic heterocycles. The summed E-state index contributed by atoms with van der Waals surface area (Å²) in [6.45, 7) is 4.19. The molecule has 7 heteroatoms. The van der Waals surface area contributed by atoms with Crippen molar-refractivity contribution in [1.29, 1.82) is 0 Å². The Kier molecular flexibility index (Phi) is 6.11. The molecule has 0 N–H and O–H groups in total. The SMILES string of the molecule is Cc1ccc(C)c(OCc2nnc(SCC(=O)c3ccc(Br)cc3)o2)c1. The molecule has 0 atom stereocenters. The summed E-state index contributed by atoms with van der Waals surface area (Å²) in [4.78, 5) is 12.2. The van der Waals surface area contributed by atoms with E-state index in [2.05, 4.69) is 26.1 Å². The molecule has 2 aromatic carbocycles. The quantitative estimate of drug-likeness (QED) is 0.386. The van der Waals surface area contributed by atoms with Gasteiger partial charge >= 0.3 is 0 Å². The Bertz CT molecular complexity index is 909. The van der Waals surface area contributed by atoms with E-state index in [1.165, 1.54) is 11.8 Å². The fourth-order valence-corrected chi connectivity index (χ4v) is 3.14. The number of carbonyl (C=O) groups is 1. The summed E-state index contributed by atoms with van der Waals surface area (Å²) in [6.07, 6.45) is 0. The van der Waals surface area contributed by atoms with Crippen molar-refractivity contribution in [2.45, 2.75) is 25.7 Å². The van der Waals surface area contributed by atoms with E-state index in [9.17, 15) is 4.79 Å². The Labute approximate surface area is 164 Å². The second-order valence-electron chi connectivity index (χ2n) is 5.74. The Morgan fingerprint density at radius 2 is 1.92 bits per heavy atom. The van der Waals surface area contributed by atoms with E-state index < -0.39 is 0 Å². The number of benzene rings is 2. The highest BCUT2D eigenvalue weighted by atomic mass is 79.9. The van der Waals surface area contributed by atoms with Gasteiger partial charge in [-0.3, -0.25) is 4.79 Å². The van der Waals surface area contributed by atoms with Crippen LogP contribution in [0.3, 0.4) is 0 Å². The van der Waals surface area contributed by atoms with E-state index in [0.29, 0.717) is 16.7 Å². The van der Waals surface area contributed by atoms with Crippen LogP contribution in [0.15, 0.2) is 56.6 Å². The molecule has 1 heterocycles. The van der Waals surface area contributed by atoms with Crippen LogP contribution in [0.25, 0.3) is 0 Å². The molecule has 134 valence electrons. The molecule has 0 radical (unpaired) electrons. The first kappa shape index (κ1) is 18.7. The van der Waals surface area contributed by atoms with Crippen LogP contribution in [-0.2, 0) is 6.61 Å². The Balaban J connectivity index is 1.53. The molecule has 3 rings (SSSR count). The summed E-state index contributed by atoms with van der Waals surface area (Å²) in [5.74, 6) is 1.42. The Morgan fingerprint density at radius 1 is 1.15 bits per heavy atom. The maximum atomic E-state index is 12.2. The van der Waals surface area contributed by atoms with Crippen LogP contribution in [-0.4, -0.2) is 21.7 Å². The summed E-state index contributed by atoms with van der Waals surface area (Å²) in [5.41, 5.74) is 2.82. The molecule has 0 amide bonds. The predicted molar refractivity (Wildman–Crippen MR) is 104 cm³/mol. The monoisotopic (exact) mass is 432 g/mol. The number of halogens is 1. The van der Waals surface area contributed by atoms with Gasteiger partial charge in [0.2, 0.25) is 0 Å². The smallest absolute Gasteiger partial charge is 0.277 e. The van der Waals surface area contributed by atoms with Crippen molar-refractivity contribution in [3.8, 4) is 5.75 Å². The molecule has 0 fully saturated rings. The molecule has 0 saturated carbocycles. The zero-order chi connectivity index (χ0) is 18.5. The minimum absolute atomic E-state index is 0.00823. The lowest BCUT2D eigenvalue weighted by molar-refractivity contribution is 0.102. The van der Waals surface area contributed by atoms with Gasteiger partial charge in [-0.25, -0.2) is 0 Å². The third-order valence-corrected chi connectivity index (χ3v) is 4.98. The van der Waals surface area contributed by atoms with E-state index in [1.807, 2.05) is 44.2 Å². The number of rotatable bonds is 7. The lowest BCUT2D eigenvalue weighted by atomic mass is 10.1. The molecule has 0 aliphatic rings. The van der Waals surface area contributed by atoms with Crippen molar-refractivity contribution < 1.29 is 13.9 Å². The topological polar surface area (TPSA) is 65.2 Å². The number of carbonyl (C=O) groups excluding carboxylic acids is 1. The molecule has 5 nitrogen and oxygen atoms in total. The van der Waals surface area contributed by atoms with Gasteiger partial charge in [0.1, 0.15) is 5.75 Å². The maximum Gasteiger partial charge on any atom is 0.277 e. The molecule has 0 spiro atoms. The minimum atomic E-state index is 0.00823. The van der Waals surface area contributed by atoms with Gasteiger partial charge in [-0.2, -0.15) is 0 Å². The van der Waals surface area contributed by atoms with Crippen LogP contribution in [0.5, 0.6) is 5.75 Å². The van der Waals surface area contributed by atoms with Crippen LogP contribution < -0.4 is 4.74 Å². The minimum Gasteiger partial charge on any atom is -0.484 e. The number of aryl methyl sites for hydroxylation is 2. The van der Waals surface area contributed by atoms with Gasteiger partial charge in [-0.15, -0.1) is 10.2 Å². The third-order valence-electron chi connectivity index (χ3n) is 3.64. The second-order valence-corrected chi connectivity index (χ2v) is 7.58. The van der Waals surface area contributed by atoms with Gasteiger partial charge in [-0.05, 0) is 43.2 Å². The van der Waals surface area contributed by atoms with Crippen LogP contribution in [0.4, 0.5) is 0 Å². The first-order chi connectivity index (χ1) is 12.5. The van der Waals surface area contributed by atoms with Crippen LogP contribution in [0.1, 0.15) is 27.4 Å². The van der Waals surface area contributed by atoms with Crippen molar-refractivity contribution in [2.75, 3.05) is 5.75 Å². The van der Waals surface area contributed by atoms with E-state index in [-0.39, 0.29) is 18.1 Å². The molecule has 0 aliphatic carbocycles. The maximum absolute atomic E-state index is 12.2. The largest absolute Gasteiger partial charge is 0.484 e. The number of nitrogens with zero attached hydrogens (tertiary/aromatic N) is 2. The number of hydrogen-bond donors (Lipinski definition) is 0. The van der Waals surface area contributed by atoms with E-state index >= 15 is 0 Å². The predicted octanol–water partition coefficient (Wildman–Crippen LogP) is 5.00. The summed E-state index contributed by atoms with van der Waals surface area (Å²) < 4.78 is 12.2. The fourth-order valence-electron chi connectivity index (χ4n) is 2.20. The molecule has 0 aliphatic heterocycles. The van der Waals surface area contributed by atoms with Crippen molar-refractivity contribution in [3.05, 3.63) is 69.5 Å². The molecule has 0 unspecified atom stereocenters. The van der Waals surface area contributed by atoms with Gasteiger partial charge in [-0.1, -0.05) is 52.0 Å².